The SMILES string of the molecule is O=C1COc2ccc(C(=O)/C=C/c3cnc(-c4ccccc4)nc3)cc2N1. The molecule has 2 aromatic carbocycles. The van der Waals surface area contributed by atoms with E-state index in [1.807, 2.05) is 30.3 Å². The number of nitrogens with one attached hydrogen (secondary N) is 1. The van der Waals surface area contributed by atoms with Crippen LogP contribution in [0.1, 0.15) is 15.9 Å². The van der Waals surface area contributed by atoms with E-state index in [4.69, 9.17) is 4.74 Å². The summed E-state index contributed by atoms with van der Waals surface area (Å²) in [7, 11) is 0. The van der Waals surface area contributed by atoms with Gasteiger partial charge in [0, 0.05) is 29.1 Å². The number of anilines is 1. The number of rotatable bonds is 4. The fourth-order valence-electron chi connectivity index (χ4n) is 2.66. The van der Waals surface area contributed by atoms with E-state index in [2.05, 4.69) is 15.3 Å². The molecule has 0 fully saturated rings. The van der Waals surface area contributed by atoms with Crippen molar-refractivity contribution in [3.8, 4) is 17.1 Å². The topological polar surface area (TPSA) is 81.2 Å². The van der Waals surface area contributed by atoms with Crippen molar-refractivity contribution < 1.29 is 14.3 Å². The first-order chi connectivity index (χ1) is 13.2. The lowest BCUT2D eigenvalue weighted by Crippen LogP contribution is -2.25. The second-order valence-electron chi connectivity index (χ2n) is 5.95. The smallest absolute Gasteiger partial charge is 0.262 e. The molecule has 0 spiro atoms. The normalized spacial score (nSPS) is 13.0. The van der Waals surface area contributed by atoms with Crippen molar-refractivity contribution in [2.24, 2.45) is 0 Å². The first-order valence-electron chi connectivity index (χ1n) is 8.35. The molecule has 6 nitrogen and oxygen atoms in total. The highest BCUT2D eigenvalue weighted by Gasteiger charge is 2.17. The predicted molar refractivity (Wildman–Crippen MR) is 101 cm³/mol. The van der Waals surface area contributed by atoms with Crippen LogP contribution >= 0.6 is 0 Å². The third-order valence-electron chi connectivity index (χ3n) is 4.03. The molecule has 1 aromatic heterocycles. The van der Waals surface area contributed by atoms with Gasteiger partial charge < -0.3 is 10.1 Å². The summed E-state index contributed by atoms with van der Waals surface area (Å²) < 4.78 is 5.29. The Hall–Kier alpha value is -3.80. The maximum Gasteiger partial charge on any atom is 0.262 e. The Morgan fingerprint density at radius 2 is 1.85 bits per heavy atom. The van der Waals surface area contributed by atoms with Gasteiger partial charge in [-0.15, -0.1) is 0 Å². The van der Waals surface area contributed by atoms with Gasteiger partial charge in [0.15, 0.2) is 18.2 Å². The van der Waals surface area contributed by atoms with E-state index < -0.39 is 0 Å². The van der Waals surface area contributed by atoms with Crippen LogP contribution in [0.15, 0.2) is 67.0 Å². The fraction of sp³-hybridized carbons (Fsp3) is 0.0476. The number of ketones is 1. The van der Waals surface area contributed by atoms with Gasteiger partial charge in [0.1, 0.15) is 5.75 Å². The van der Waals surface area contributed by atoms with Gasteiger partial charge in [0.2, 0.25) is 0 Å². The summed E-state index contributed by atoms with van der Waals surface area (Å²) in [6.07, 6.45) is 6.44. The summed E-state index contributed by atoms with van der Waals surface area (Å²) in [5.41, 5.74) is 2.61. The fourth-order valence-corrected chi connectivity index (χ4v) is 2.66. The summed E-state index contributed by atoms with van der Waals surface area (Å²) in [5, 5.41) is 2.69. The first kappa shape index (κ1) is 16.7. The molecule has 0 saturated heterocycles. The quantitative estimate of drug-likeness (QED) is 0.572. The second-order valence-corrected chi connectivity index (χ2v) is 5.95. The standard InChI is InChI=1S/C21H15N3O3/c25-18(16-7-9-19-17(10-16)24-20(26)13-27-19)8-6-14-11-22-21(23-12-14)15-4-2-1-3-5-15/h1-12H,13H2,(H,24,26)/b8-6+. The molecule has 0 radical (unpaired) electrons. The number of hydrogen-bond donors (Lipinski definition) is 1. The van der Waals surface area contributed by atoms with E-state index in [0.29, 0.717) is 22.8 Å². The zero-order chi connectivity index (χ0) is 18.6. The Labute approximate surface area is 155 Å². The Bertz CT molecular complexity index is 1030. The van der Waals surface area contributed by atoms with E-state index in [-0.39, 0.29) is 18.3 Å². The van der Waals surface area contributed by atoms with Crippen molar-refractivity contribution in [2.45, 2.75) is 0 Å². The predicted octanol–water partition coefficient (Wildman–Crippen LogP) is 3.37. The lowest BCUT2D eigenvalue weighted by molar-refractivity contribution is -0.118. The van der Waals surface area contributed by atoms with Crippen LogP contribution in [0.4, 0.5) is 5.69 Å². The molecule has 1 aliphatic rings. The lowest BCUT2D eigenvalue weighted by Gasteiger charge is -2.17. The number of carbonyl (C=O) groups excluding carboxylic acids is 2. The Kier molecular flexibility index (Phi) is 4.45. The van der Waals surface area contributed by atoms with Gasteiger partial charge in [0.05, 0.1) is 5.69 Å². The van der Waals surface area contributed by atoms with Gasteiger partial charge in [0.25, 0.3) is 5.91 Å². The molecule has 0 saturated carbocycles. The summed E-state index contributed by atoms with van der Waals surface area (Å²) in [5.74, 6) is 0.757. The maximum atomic E-state index is 12.4. The molecular weight excluding hydrogens is 342 g/mol. The summed E-state index contributed by atoms with van der Waals surface area (Å²) in [4.78, 5) is 32.4. The van der Waals surface area contributed by atoms with Crippen LogP contribution in [0.3, 0.4) is 0 Å². The van der Waals surface area contributed by atoms with Gasteiger partial charge in [-0.1, -0.05) is 30.3 Å². The van der Waals surface area contributed by atoms with Crippen LogP contribution in [-0.2, 0) is 4.79 Å². The van der Waals surface area contributed by atoms with Crippen molar-refractivity contribution in [3.05, 3.63) is 78.1 Å². The molecule has 0 aliphatic carbocycles. The second kappa shape index (κ2) is 7.21. The van der Waals surface area contributed by atoms with Gasteiger partial charge in [-0.25, -0.2) is 9.97 Å². The van der Waals surface area contributed by atoms with Crippen LogP contribution in [0.2, 0.25) is 0 Å². The number of ether oxygens (including phenoxy) is 1. The Morgan fingerprint density at radius 3 is 2.63 bits per heavy atom. The van der Waals surface area contributed by atoms with Crippen LogP contribution in [0, 0.1) is 0 Å². The van der Waals surface area contributed by atoms with E-state index >= 15 is 0 Å². The third kappa shape index (κ3) is 3.74. The summed E-state index contributed by atoms with van der Waals surface area (Å²) in [6, 6.07) is 14.6. The van der Waals surface area contributed by atoms with E-state index in [1.54, 1.807) is 36.7 Å². The molecule has 27 heavy (non-hydrogen) atoms. The summed E-state index contributed by atoms with van der Waals surface area (Å²) in [6.45, 7) is -0.0147. The molecule has 0 bridgehead atoms. The van der Waals surface area contributed by atoms with Crippen molar-refractivity contribution in [3.63, 3.8) is 0 Å². The molecule has 3 aromatic rings. The minimum absolute atomic E-state index is 0.0147. The third-order valence-corrected chi connectivity index (χ3v) is 4.03. The molecule has 6 heteroatoms. The average Bonchev–Trinajstić information content (AvgIpc) is 2.72. The molecule has 1 aliphatic heterocycles. The van der Waals surface area contributed by atoms with E-state index in [1.165, 1.54) is 6.08 Å². The zero-order valence-electron chi connectivity index (χ0n) is 14.3. The van der Waals surface area contributed by atoms with Crippen LogP contribution in [0.25, 0.3) is 17.5 Å². The number of amides is 1. The molecular formula is C21H15N3O3. The summed E-state index contributed by atoms with van der Waals surface area (Å²) >= 11 is 0. The van der Waals surface area contributed by atoms with Crippen LogP contribution in [-0.4, -0.2) is 28.3 Å². The van der Waals surface area contributed by atoms with Crippen LogP contribution < -0.4 is 10.1 Å². The Morgan fingerprint density at radius 1 is 1.07 bits per heavy atom. The highest BCUT2D eigenvalue weighted by molar-refractivity contribution is 6.08. The van der Waals surface area contributed by atoms with Gasteiger partial charge in [-0.3, -0.25) is 9.59 Å². The number of benzene rings is 2. The monoisotopic (exact) mass is 357 g/mol. The zero-order valence-corrected chi connectivity index (χ0v) is 14.3. The Balaban J connectivity index is 1.49. The average molecular weight is 357 g/mol. The van der Waals surface area contributed by atoms with Crippen molar-refractivity contribution in [2.75, 3.05) is 11.9 Å². The van der Waals surface area contributed by atoms with Crippen molar-refractivity contribution >= 4 is 23.5 Å². The van der Waals surface area contributed by atoms with Gasteiger partial charge >= 0.3 is 0 Å². The van der Waals surface area contributed by atoms with E-state index in [0.717, 1.165) is 11.1 Å². The lowest BCUT2D eigenvalue weighted by atomic mass is 10.1. The number of hydrogen-bond acceptors (Lipinski definition) is 5. The number of aromatic nitrogens is 2. The highest BCUT2D eigenvalue weighted by Crippen LogP contribution is 2.28. The number of nitrogens with zero attached hydrogens (tertiary/aromatic N) is 2. The molecule has 0 atom stereocenters. The molecule has 2 heterocycles. The largest absolute Gasteiger partial charge is 0.482 e. The molecule has 1 amide bonds. The number of allylic oxidation sites excluding steroid dienone is 1. The molecule has 0 unspecified atom stereocenters. The van der Waals surface area contributed by atoms with E-state index in [9.17, 15) is 9.59 Å². The first-order valence-corrected chi connectivity index (χ1v) is 8.35. The van der Waals surface area contributed by atoms with Crippen LogP contribution in [0.5, 0.6) is 5.75 Å². The molecule has 4 rings (SSSR count). The minimum Gasteiger partial charge on any atom is -0.482 e. The minimum atomic E-state index is -0.238. The molecule has 1 N–H and O–H groups in total. The maximum absolute atomic E-state index is 12.4. The number of carbonyl (C=O) groups is 2. The van der Waals surface area contributed by atoms with Crippen molar-refractivity contribution in [1.29, 1.82) is 0 Å². The number of fused-ring (bicyclic) bond motifs is 1. The van der Waals surface area contributed by atoms with Crippen molar-refractivity contribution in [1.82, 2.24) is 9.97 Å². The highest BCUT2D eigenvalue weighted by atomic mass is 16.5. The van der Waals surface area contributed by atoms with Gasteiger partial charge in [-0.05, 0) is 30.4 Å². The van der Waals surface area contributed by atoms with Gasteiger partial charge in [-0.2, -0.15) is 0 Å². The molecule has 132 valence electrons.